The maximum absolute atomic E-state index is 12.4. The van der Waals surface area contributed by atoms with Gasteiger partial charge >= 0.3 is 0 Å². The first-order valence-corrected chi connectivity index (χ1v) is 8.41. The quantitative estimate of drug-likeness (QED) is 0.880. The van der Waals surface area contributed by atoms with Gasteiger partial charge in [-0.25, -0.2) is 0 Å². The van der Waals surface area contributed by atoms with E-state index >= 15 is 0 Å². The van der Waals surface area contributed by atoms with Crippen LogP contribution in [-0.4, -0.2) is 30.4 Å². The van der Waals surface area contributed by atoms with Crippen molar-refractivity contribution in [2.45, 2.75) is 26.0 Å². The van der Waals surface area contributed by atoms with Crippen LogP contribution in [-0.2, 0) is 22.7 Å². The second-order valence-electron chi connectivity index (χ2n) is 6.20. The summed E-state index contributed by atoms with van der Waals surface area (Å²) in [6.07, 6.45) is 1.57. The van der Waals surface area contributed by atoms with Crippen LogP contribution >= 0.6 is 0 Å². The average Bonchev–Trinajstić information content (AvgIpc) is 3.01. The molecule has 25 heavy (non-hydrogen) atoms. The Kier molecular flexibility index (Phi) is 5.46. The highest BCUT2D eigenvalue weighted by atomic mass is 16.5. The molecule has 1 aliphatic heterocycles. The van der Waals surface area contributed by atoms with Gasteiger partial charge in [0.1, 0.15) is 0 Å². The predicted molar refractivity (Wildman–Crippen MR) is 96.2 cm³/mol. The van der Waals surface area contributed by atoms with Gasteiger partial charge in [-0.15, -0.1) is 0 Å². The first-order valence-electron chi connectivity index (χ1n) is 8.41. The second-order valence-corrected chi connectivity index (χ2v) is 6.20. The number of benzene rings is 2. The van der Waals surface area contributed by atoms with Crippen molar-refractivity contribution in [2.24, 2.45) is 0 Å². The van der Waals surface area contributed by atoms with Gasteiger partial charge in [0, 0.05) is 37.9 Å². The fourth-order valence-electron chi connectivity index (χ4n) is 2.96. The molecule has 130 valence electrons. The highest BCUT2D eigenvalue weighted by molar-refractivity contribution is 6.04. The molecule has 0 aliphatic carbocycles. The zero-order valence-corrected chi connectivity index (χ0v) is 14.3. The van der Waals surface area contributed by atoms with Crippen molar-refractivity contribution in [3.8, 4) is 0 Å². The third kappa shape index (κ3) is 4.45. The zero-order valence-electron chi connectivity index (χ0n) is 14.3. The molecule has 0 saturated carbocycles. The Bertz CT molecular complexity index is 756. The Morgan fingerprint density at radius 3 is 2.64 bits per heavy atom. The van der Waals surface area contributed by atoms with E-state index in [1.54, 1.807) is 19.2 Å². The van der Waals surface area contributed by atoms with Crippen LogP contribution in [0.25, 0.3) is 0 Å². The molecule has 0 bridgehead atoms. The van der Waals surface area contributed by atoms with E-state index in [9.17, 15) is 9.59 Å². The first-order chi connectivity index (χ1) is 12.2. The number of ether oxygens (including phenoxy) is 1. The molecule has 0 spiro atoms. The lowest BCUT2D eigenvalue weighted by atomic mass is 10.1. The minimum Gasteiger partial charge on any atom is -0.380 e. The summed E-state index contributed by atoms with van der Waals surface area (Å²) in [6.45, 7) is 1.94. The number of carbonyl (C=O) groups is 2. The summed E-state index contributed by atoms with van der Waals surface area (Å²) in [7, 11) is 1.64. The lowest BCUT2D eigenvalue weighted by molar-refractivity contribution is -0.128. The predicted octanol–water partition coefficient (Wildman–Crippen LogP) is 3.21. The van der Waals surface area contributed by atoms with Crippen LogP contribution in [0.1, 0.15) is 34.3 Å². The lowest BCUT2D eigenvalue weighted by Crippen LogP contribution is -2.23. The van der Waals surface area contributed by atoms with Crippen LogP contribution in [0.4, 0.5) is 5.69 Å². The molecule has 1 saturated heterocycles. The van der Waals surface area contributed by atoms with Gasteiger partial charge in [-0.1, -0.05) is 24.3 Å². The normalized spacial score (nSPS) is 14.0. The number of hydrogen-bond acceptors (Lipinski definition) is 3. The number of amides is 2. The van der Waals surface area contributed by atoms with Crippen molar-refractivity contribution in [2.75, 3.05) is 19.0 Å². The first kappa shape index (κ1) is 17.2. The van der Waals surface area contributed by atoms with Crippen LogP contribution in [0.15, 0.2) is 48.5 Å². The van der Waals surface area contributed by atoms with Crippen LogP contribution in [0.5, 0.6) is 0 Å². The number of rotatable bonds is 6. The molecular formula is C20H22N2O3. The Morgan fingerprint density at radius 2 is 1.96 bits per heavy atom. The molecule has 2 amide bonds. The van der Waals surface area contributed by atoms with Gasteiger partial charge in [0.15, 0.2) is 0 Å². The molecule has 1 heterocycles. The summed E-state index contributed by atoms with van der Waals surface area (Å²) >= 11 is 0. The molecule has 2 aromatic rings. The maximum atomic E-state index is 12.4. The van der Waals surface area contributed by atoms with E-state index in [1.807, 2.05) is 41.3 Å². The van der Waals surface area contributed by atoms with Crippen molar-refractivity contribution in [3.05, 3.63) is 65.2 Å². The van der Waals surface area contributed by atoms with E-state index < -0.39 is 0 Å². The van der Waals surface area contributed by atoms with Gasteiger partial charge in [0.25, 0.3) is 5.91 Å². The van der Waals surface area contributed by atoms with Crippen molar-refractivity contribution in [1.29, 1.82) is 0 Å². The molecule has 5 heteroatoms. The van der Waals surface area contributed by atoms with Crippen LogP contribution in [0.2, 0.25) is 0 Å². The lowest BCUT2D eigenvalue weighted by Gasteiger charge is -2.15. The van der Waals surface area contributed by atoms with Gasteiger partial charge in [-0.3, -0.25) is 9.59 Å². The molecule has 0 atom stereocenters. The van der Waals surface area contributed by atoms with Crippen LogP contribution in [0.3, 0.4) is 0 Å². The zero-order chi connectivity index (χ0) is 17.6. The Balaban J connectivity index is 1.62. The standard InChI is InChI=1S/C20H22N2O3/c1-25-14-16-4-2-5-18(12-16)21-20(24)17-9-7-15(8-10-17)13-22-11-3-6-19(22)23/h2,4-5,7-10,12H,3,6,11,13-14H2,1H3,(H,21,24). The Hall–Kier alpha value is -2.66. The highest BCUT2D eigenvalue weighted by Crippen LogP contribution is 2.16. The SMILES string of the molecule is COCc1cccc(NC(=O)c2ccc(CN3CCCC3=O)cc2)c1. The molecule has 2 aromatic carbocycles. The van der Waals surface area contributed by atoms with E-state index in [-0.39, 0.29) is 11.8 Å². The molecule has 0 aromatic heterocycles. The maximum Gasteiger partial charge on any atom is 0.255 e. The summed E-state index contributed by atoms with van der Waals surface area (Å²) in [5, 5.41) is 2.90. The van der Waals surface area contributed by atoms with E-state index in [2.05, 4.69) is 5.32 Å². The minimum absolute atomic E-state index is 0.154. The number of nitrogens with zero attached hydrogens (tertiary/aromatic N) is 1. The Morgan fingerprint density at radius 1 is 1.16 bits per heavy atom. The van der Waals surface area contributed by atoms with E-state index in [4.69, 9.17) is 4.74 Å². The second kappa shape index (κ2) is 7.94. The molecule has 5 nitrogen and oxygen atoms in total. The number of likely N-dealkylation sites (tertiary alicyclic amines) is 1. The average molecular weight is 338 g/mol. The van der Waals surface area contributed by atoms with E-state index in [1.165, 1.54) is 0 Å². The molecule has 3 rings (SSSR count). The summed E-state index contributed by atoms with van der Waals surface area (Å²) in [5.74, 6) is 0.0520. The molecule has 0 radical (unpaired) electrons. The number of nitrogens with one attached hydrogen (secondary N) is 1. The van der Waals surface area contributed by atoms with E-state index in [0.717, 1.165) is 29.8 Å². The van der Waals surface area contributed by atoms with Gasteiger partial charge in [-0.05, 0) is 41.8 Å². The topological polar surface area (TPSA) is 58.6 Å². The minimum atomic E-state index is -0.154. The number of carbonyl (C=O) groups excluding carboxylic acids is 2. The summed E-state index contributed by atoms with van der Waals surface area (Å²) in [6, 6.07) is 15.0. The van der Waals surface area contributed by atoms with Gasteiger partial charge in [0.2, 0.25) is 5.91 Å². The third-order valence-corrected chi connectivity index (χ3v) is 4.26. The van der Waals surface area contributed by atoms with E-state index in [0.29, 0.717) is 25.1 Å². The van der Waals surface area contributed by atoms with Gasteiger partial charge in [0.05, 0.1) is 6.61 Å². The molecule has 1 N–H and O–H groups in total. The summed E-state index contributed by atoms with van der Waals surface area (Å²) in [4.78, 5) is 25.9. The molecule has 1 aliphatic rings. The molecule has 0 unspecified atom stereocenters. The smallest absolute Gasteiger partial charge is 0.255 e. The summed E-state index contributed by atoms with van der Waals surface area (Å²) in [5.41, 5.74) is 3.37. The molecule has 1 fully saturated rings. The van der Waals surface area contributed by atoms with Crippen molar-refractivity contribution < 1.29 is 14.3 Å². The fourth-order valence-corrected chi connectivity index (χ4v) is 2.96. The largest absolute Gasteiger partial charge is 0.380 e. The van der Waals surface area contributed by atoms with Crippen molar-refractivity contribution in [1.82, 2.24) is 4.90 Å². The van der Waals surface area contributed by atoms with Crippen molar-refractivity contribution in [3.63, 3.8) is 0 Å². The summed E-state index contributed by atoms with van der Waals surface area (Å²) < 4.78 is 5.11. The fraction of sp³-hybridized carbons (Fsp3) is 0.300. The number of hydrogen-bond donors (Lipinski definition) is 1. The van der Waals surface area contributed by atoms with Gasteiger partial charge < -0.3 is 15.0 Å². The number of methoxy groups -OCH3 is 1. The number of anilines is 1. The van der Waals surface area contributed by atoms with Crippen molar-refractivity contribution >= 4 is 17.5 Å². The van der Waals surface area contributed by atoms with Gasteiger partial charge in [-0.2, -0.15) is 0 Å². The third-order valence-electron chi connectivity index (χ3n) is 4.26. The van der Waals surface area contributed by atoms with Crippen LogP contribution < -0.4 is 5.32 Å². The Labute approximate surface area is 147 Å². The highest BCUT2D eigenvalue weighted by Gasteiger charge is 2.20. The van der Waals surface area contributed by atoms with Crippen LogP contribution in [0, 0.1) is 0 Å². The monoisotopic (exact) mass is 338 g/mol. The molecular weight excluding hydrogens is 316 g/mol.